The second kappa shape index (κ2) is 7.28. The predicted octanol–water partition coefficient (Wildman–Crippen LogP) is 2.39. The molecular formula is C14H27N5. The largest absolute Gasteiger partial charge is 0.373 e. The average Bonchev–Trinajstić information content (AvgIpc) is 2.37. The molecule has 1 rings (SSSR count). The lowest BCUT2D eigenvalue weighted by Crippen LogP contribution is -2.31. The Bertz CT molecular complexity index is 389. The molecule has 0 atom stereocenters. The molecule has 0 unspecified atom stereocenters. The summed E-state index contributed by atoms with van der Waals surface area (Å²) in [6.07, 6.45) is 0. The molecule has 0 fully saturated rings. The summed E-state index contributed by atoms with van der Waals surface area (Å²) in [4.78, 5) is 11.3. The third-order valence-electron chi connectivity index (χ3n) is 3.17. The number of hydrogen-bond acceptors (Lipinski definition) is 5. The summed E-state index contributed by atoms with van der Waals surface area (Å²) in [6.45, 7) is 10.5. The van der Waals surface area contributed by atoms with E-state index in [-0.39, 0.29) is 0 Å². The van der Waals surface area contributed by atoms with E-state index in [4.69, 9.17) is 0 Å². The van der Waals surface area contributed by atoms with Crippen LogP contribution in [0.25, 0.3) is 0 Å². The van der Waals surface area contributed by atoms with Crippen molar-refractivity contribution in [1.29, 1.82) is 0 Å². The zero-order valence-corrected chi connectivity index (χ0v) is 13.0. The van der Waals surface area contributed by atoms with Crippen LogP contribution in [0.15, 0.2) is 6.07 Å². The van der Waals surface area contributed by atoms with Gasteiger partial charge in [0.2, 0.25) is 0 Å². The maximum Gasteiger partial charge on any atom is 0.135 e. The highest BCUT2D eigenvalue weighted by molar-refractivity contribution is 5.47. The second-order valence-electron chi connectivity index (χ2n) is 5.40. The lowest BCUT2D eigenvalue weighted by molar-refractivity contribution is 0.284. The topological polar surface area (TPSA) is 53.1 Å². The van der Waals surface area contributed by atoms with Gasteiger partial charge in [-0.05, 0) is 20.9 Å². The number of nitrogens with zero attached hydrogens (tertiary/aromatic N) is 3. The summed E-state index contributed by atoms with van der Waals surface area (Å²) >= 11 is 0. The molecule has 0 bridgehead atoms. The van der Waals surface area contributed by atoms with Gasteiger partial charge in [0.05, 0.1) is 0 Å². The van der Waals surface area contributed by atoms with Crippen LogP contribution in [0.2, 0.25) is 0 Å². The van der Waals surface area contributed by atoms with Crippen LogP contribution in [0.1, 0.15) is 39.4 Å². The van der Waals surface area contributed by atoms with Crippen molar-refractivity contribution in [1.82, 2.24) is 14.9 Å². The molecule has 0 saturated carbocycles. The second-order valence-corrected chi connectivity index (χ2v) is 5.40. The van der Waals surface area contributed by atoms with Gasteiger partial charge in [-0.3, -0.25) is 0 Å². The molecule has 0 aliphatic rings. The summed E-state index contributed by atoms with van der Waals surface area (Å²) < 4.78 is 0. The molecule has 5 nitrogen and oxygen atoms in total. The summed E-state index contributed by atoms with van der Waals surface area (Å²) in [5.41, 5.74) is 0. The van der Waals surface area contributed by atoms with Gasteiger partial charge in [0.25, 0.3) is 0 Å². The van der Waals surface area contributed by atoms with Crippen molar-refractivity contribution in [3.05, 3.63) is 11.9 Å². The number of anilines is 2. The normalized spacial score (nSPS) is 11.4. The molecule has 2 N–H and O–H groups in total. The highest BCUT2D eigenvalue weighted by atomic mass is 15.1. The molecule has 19 heavy (non-hydrogen) atoms. The first-order chi connectivity index (χ1) is 8.93. The average molecular weight is 265 g/mol. The maximum absolute atomic E-state index is 4.54. The number of rotatable bonds is 7. The molecule has 1 aromatic rings. The Morgan fingerprint density at radius 1 is 1.16 bits per heavy atom. The van der Waals surface area contributed by atoms with E-state index in [0.29, 0.717) is 12.0 Å². The third-order valence-corrected chi connectivity index (χ3v) is 3.17. The van der Waals surface area contributed by atoms with Crippen molar-refractivity contribution in [3.8, 4) is 0 Å². The fourth-order valence-corrected chi connectivity index (χ4v) is 1.56. The zero-order chi connectivity index (χ0) is 14.4. The Kier molecular flexibility index (Phi) is 6.02. The molecule has 0 aliphatic carbocycles. The van der Waals surface area contributed by atoms with E-state index in [0.717, 1.165) is 30.5 Å². The van der Waals surface area contributed by atoms with E-state index in [1.807, 2.05) is 13.1 Å². The van der Waals surface area contributed by atoms with Crippen molar-refractivity contribution in [2.45, 2.75) is 39.7 Å². The molecule has 0 radical (unpaired) electrons. The van der Waals surface area contributed by atoms with E-state index in [1.54, 1.807) is 0 Å². The Hall–Kier alpha value is -1.36. The van der Waals surface area contributed by atoms with Gasteiger partial charge in [-0.1, -0.05) is 13.8 Å². The monoisotopic (exact) mass is 265 g/mol. The predicted molar refractivity (Wildman–Crippen MR) is 81.9 cm³/mol. The van der Waals surface area contributed by atoms with Crippen LogP contribution in [0, 0.1) is 0 Å². The van der Waals surface area contributed by atoms with Crippen LogP contribution in [0.4, 0.5) is 11.6 Å². The fraction of sp³-hybridized carbons (Fsp3) is 0.714. The van der Waals surface area contributed by atoms with Gasteiger partial charge in [-0.25, -0.2) is 9.97 Å². The van der Waals surface area contributed by atoms with Gasteiger partial charge in [0.1, 0.15) is 17.5 Å². The molecule has 5 heteroatoms. The van der Waals surface area contributed by atoms with E-state index in [9.17, 15) is 0 Å². The molecule has 108 valence electrons. The van der Waals surface area contributed by atoms with Crippen LogP contribution in [0.5, 0.6) is 0 Å². The molecular weight excluding hydrogens is 238 g/mol. The molecule has 0 amide bonds. The highest BCUT2D eigenvalue weighted by Crippen LogP contribution is 2.16. The first kappa shape index (κ1) is 15.7. The van der Waals surface area contributed by atoms with Crippen LogP contribution in [-0.2, 0) is 0 Å². The van der Waals surface area contributed by atoms with Crippen molar-refractivity contribution >= 4 is 11.6 Å². The summed E-state index contributed by atoms with van der Waals surface area (Å²) in [6, 6.07) is 2.51. The van der Waals surface area contributed by atoms with E-state index < -0.39 is 0 Å². The van der Waals surface area contributed by atoms with E-state index in [1.165, 1.54) is 0 Å². The molecule has 0 aliphatic heterocycles. The third kappa shape index (κ3) is 5.03. The number of aromatic nitrogens is 2. The molecule has 1 heterocycles. The summed E-state index contributed by atoms with van der Waals surface area (Å²) in [5.74, 6) is 2.94. The van der Waals surface area contributed by atoms with E-state index >= 15 is 0 Å². The molecule has 0 spiro atoms. The van der Waals surface area contributed by atoms with Crippen LogP contribution >= 0.6 is 0 Å². The van der Waals surface area contributed by atoms with Gasteiger partial charge >= 0.3 is 0 Å². The SMILES string of the molecule is CNc1cc(NCCN(C)C(C)C)nc(C(C)C)n1. The minimum atomic E-state index is 0.326. The van der Waals surface area contributed by atoms with Gasteiger partial charge in [0, 0.05) is 38.2 Å². The van der Waals surface area contributed by atoms with Gasteiger partial charge in [0.15, 0.2) is 0 Å². The van der Waals surface area contributed by atoms with Crippen LogP contribution in [0.3, 0.4) is 0 Å². The molecule has 0 saturated heterocycles. The van der Waals surface area contributed by atoms with Gasteiger partial charge in [-0.2, -0.15) is 0 Å². The zero-order valence-electron chi connectivity index (χ0n) is 13.0. The number of nitrogens with one attached hydrogen (secondary N) is 2. The van der Waals surface area contributed by atoms with Crippen molar-refractivity contribution in [2.75, 3.05) is 37.8 Å². The maximum atomic E-state index is 4.54. The smallest absolute Gasteiger partial charge is 0.135 e. The van der Waals surface area contributed by atoms with Gasteiger partial charge in [-0.15, -0.1) is 0 Å². The minimum Gasteiger partial charge on any atom is -0.373 e. The number of hydrogen-bond donors (Lipinski definition) is 2. The minimum absolute atomic E-state index is 0.326. The summed E-state index contributed by atoms with van der Waals surface area (Å²) in [7, 11) is 4.01. The molecule has 1 aromatic heterocycles. The lowest BCUT2D eigenvalue weighted by Gasteiger charge is -2.21. The van der Waals surface area contributed by atoms with Crippen molar-refractivity contribution in [3.63, 3.8) is 0 Å². The quantitative estimate of drug-likeness (QED) is 0.793. The first-order valence-corrected chi connectivity index (χ1v) is 6.95. The number of likely N-dealkylation sites (N-methyl/N-ethyl adjacent to an activating group) is 1. The Morgan fingerprint density at radius 2 is 1.79 bits per heavy atom. The fourth-order valence-electron chi connectivity index (χ4n) is 1.56. The van der Waals surface area contributed by atoms with E-state index in [2.05, 4.69) is 60.2 Å². The Balaban J connectivity index is 2.64. The van der Waals surface area contributed by atoms with Crippen LogP contribution < -0.4 is 10.6 Å². The highest BCUT2D eigenvalue weighted by Gasteiger charge is 2.08. The van der Waals surface area contributed by atoms with Crippen molar-refractivity contribution < 1.29 is 0 Å². The Morgan fingerprint density at radius 3 is 2.32 bits per heavy atom. The Labute approximate surface area is 116 Å². The van der Waals surface area contributed by atoms with Crippen molar-refractivity contribution in [2.24, 2.45) is 0 Å². The van der Waals surface area contributed by atoms with Crippen LogP contribution in [-0.4, -0.2) is 48.1 Å². The molecule has 0 aromatic carbocycles. The summed E-state index contributed by atoms with van der Waals surface area (Å²) in [5, 5.41) is 6.45. The lowest BCUT2D eigenvalue weighted by atomic mass is 10.2. The first-order valence-electron chi connectivity index (χ1n) is 6.95. The standard InChI is InChI=1S/C14H27N5/c1-10(2)14-17-12(15-5)9-13(18-14)16-7-8-19(6)11(3)4/h9-11H,7-8H2,1-6H3,(H2,15,16,17,18). The van der Waals surface area contributed by atoms with Gasteiger partial charge < -0.3 is 15.5 Å².